The molecule has 8 heteroatoms. The Hall–Kier alpha value is -4.69. The van der Waals surface area contributed by atoms with Crippen LogP contribution >= 0.6 is 0 Å². The first-order chi connectivity index (χ1) is 22.4. The van der Waals surface area contributed by atoms with Gasteiger partial charge in [0.15, 0.2) is 5.96 Å². The molecule has 4 aromatic rings. The van der Waals surface area contributed by atoms with Gasteiger partial charge in [0.2, 0.25) is 11.8 Å². The van der Waals surface area contributed by atoms with Crippen molar-refractivity contribution in [2.45, 2.75) is 56.7 Å². The van der Waals surface area contributed by atoms with E-state index < -0.39 is 6.04 Å². The standard InChI is InChI=1S/C38H46N6O2/c1-27(45)42-36(25-28-19-20-29-12-9-10-17-32(29)24-28)34-21-23-44(37(46)35(43-34)18-11-22-41-38(39)40-2)26-33(30-13-5-3-6-14-30)31-15-7-4-8-16-31/h3-10,12-17,19-20,24,33-36,43H,11,18,21-23,25-26H2,1-2H3,(H,42,45)(H3,39,40,41). The largest absolute Gasteiger partial charge is 0.370 e. The van der Waals surface area contributed by atoms with E-state index in [0.717, 1.165) is 12.0 Å². The van der Waals surface area contributed by atoms with Crippen LogP contribution in [-0.2, 0) is 16.0 Å². The number of aliphatic imine (C=N–C) groups is 1. The monoisotopic (exact) mass is 618 g/mol. The molecule has 240 valence electrons. The molecular formula is C38H46N6O2. The normalized spacial score (nSPS) is 17.9. The van der Waals surface area contributed by atoms with E-state index in [1.807, 2.05) is 29.2 Å². The van der Waals surface area contributed by atoms with Gasteiger partial charge in [-0.25, -0.2) is 0 Å². The second kappa shape index (κ2) is 16.0. The number of carbonyl (C=O) groups is 2. The Morgan fingerprint density at radius 3 is 2.26 bits per heavy atom. The van der Waals surface area contributed by atoms with E-state index in [-0.39, 0.29) is 29.8 Å². The van der Waals surface area contributed by atoms with E-state index in [1.165, 1.54) is 21.9 Å². The molecule has 46 heavy (non-hydrogen) atoms. The van der Waals surface area contributed by atoms with Crippen LogP contribution in [0.4, 0.5) is 0 Å². The maximum atomic E-state index is 14.3. The summed E-state index contributed by atoms with van der Waals surface area (Å²) in [6.45, 7) is 3.34. The van der Waals surface area contributed by atoms with Gasteiger partial charge in [0.25, 0.3) is 0 Å². The molecule has 5 rings (SSSR count). The van der Waals surface area contributed by atoms with Gasteiger partial charge in [-0.05, 0) is 53.1 Å². The zero-order chi connectivity index (χ0) is 32.3. The van der Waals surface area contributed by atoms with Crippen LogP contribution in [-0.4, -0.2) is 67.5 Å². The summed E-state index contributed by atoms with van der Waals surface area (Å²) in [6.07, 6.45) is 2.73. The van der Waals surface area contributed by atoms with Crippen molar-refractivity contribution in [3.8, 4) is 0 Å². The number of hydrogen-bond acceptors (Lipinski definition) is 4. The topological polar surface area (TPSA) is 112 Å². The smallest absolute Gasteiger partial charge is 0.239 e. The van der Waals surface area contributed by atoms with Crippen LogP contribution in [0.5, 0.6) is 0 Å². The molecule has 3 unspecified atom stereocenters. The highest BCUT2D eigenvalue weighted by Gasteiger charge is 2.35. The summed E-state index contributed by atoms with van der Waals surface area (Å²) in [5, 5.41) is 12.4. The molecule has 1 aliphatic rings. The van der Waals surface area contributed by atoms with E-state index in [4.69, 9.17) is 5.73 Å². The number of nitrogens with two attached hydrogens (primary N) is 1. The van der Waals surface area contributed by atoms with Crippen LogP contribution in [0.15, 0.2) is 108 Å². The van der Waals surface area contributed by atoms with Gasteiger partial charge in [0.1, 0.15) is 0 Å². The summed E-state index contributed by atoms with van der Waals surface area (Å²) in [6, 6.07) is 34.9. The number of benzene rings is 4. The Morgan fingerprint density at radius 2 is 1.61 bits per heavy atom. The van der Waals surface area contributed by atoms with Gasteiger partial charge in [0.05, 0.1) is 6.04 Å². The third-order valence-electron chi connectivity index (χ3n) is 8.90. The summed E-state index contributed by atoms with van der Waals surface area (Å²) in [5.74, 6) is 0.427. The van der Waals surface area contributed by atoms with Gasteiger partial charge in [0, 0.05) is 51.6 Å². The Morgan fingerprint density at radius 1 is 0.957 bits per heavy atom. The quantitative estimate of drug-likeness (QED) is 0.105. The maximum Gasteiger partial charge on any atom is 0.239 e. The first-order valence-electron chi connectivity index (χ1n) is 16.3. The number of guanidine groups is 1. The predicted octanol–water partition coefficient (Wildman–Crippen LogP) is 4.59. The van der Waals surface area contributed by atoms with Crippen molar-refractivity contribution in [2.75, 3.05) is 26.7 Å². The molecule has 5 N–H and O–H groups in total. The molecule has 0 bridgehead atoms. The fourth-order valence-corrected chi connectivity index (χ4v) is 6.51. The molecule has 4 aromatic carbocycles. The van der Waals surface area contributed by atoms with E-state index in [1.54, 1.807) is 14.0 Å². The molecule has 0 radical (unpaired) electrons. The van der Waals surface area contributed by atoms with Crippen molar-refractivity contribution in [3.63, 3.8) is 0 Å². The second-order valence-corrected chi connectivity index (χ2v) is 12.1. The van der Waals surface area contributed by atoms with Gasteiger partial charge >= 0.3 is 0 Å². The molecule has 3 atom stereocenters. The summed E-state index contributed by atoms with van der Waals surface area (Å²) in [7, 11) is 1.65. The zero-order valence-corrected chi connectivity index (χ0v) is 26.9. The lowest BCUT2D eigenvalue weighted by Gasteiger charge is -2.30. The fourth-order valence-electron chi connectivity index (χ4n) is 6.51. The Labute approximate surface area is 272 Å². The van der Waals surface area contributed by atoms with Crippen LogP contribution < -0.4 is 21.7 Å². The molecule has 1 fully saturated rings. The van der Waals surface area contributed by atoms with Crippen LogP contribution in [0.3, 0.4) is 0 Å². The first-order valence-corrected chi connectivity index (χ1v) is 16.3. The third kappa shape index (κ3) is 8.73. The highest BCUT2D eigenvalue weighted by Crippen LogP contribution is 2.28. The van der Waals surface area contributed by atoms with E-state index in [9.17, 15) is 9.59 Å². The average Bonchev–Trinajstić information content (AvgIpc) is 3.23. The molecule has 0 spiro atoms. The molecule has 0 aromatic heterocycles. The summed E-state index contributed by atoms with van der Waals surface area (Å²) in [4.78, 5) is 32.8. The average molecular weight is 619 g/mol. The van der Waals surface area contributed by atoms with Crippen molar-refractivity contribution < 1.29 is 9.59 Å². The lowest BCUT2D eigenvalue weighted by atomic mass is 9.90. The predicted molar refractivity (Wildman–Crippen MR) is 187 cm³/mol. The molecule has 2 amide bonds. The van der Waals surface area contributed by atoms with Gasteiger partial charge < -0.3 is 26.6 Å². The minimum Gasteiger partial charge on any atom is -0.370 e. The minimum atomic E-state index is -0.408. The van der Waals surface area contributed by atoms with Crippen molar-refractivity contribution in [1.82, 2.24) is 20.9 Å². The fraction of sp³-hybridized carbons (Fsp3) is 0.342. The number of nitrogens with one attached hydrogen (secondary N) is 3. The summed E-state index contributed by atoms with van der Waals surface area (Å²) >= 11 is 0. The van der Waals surface area contributed by atoms with Gasteiger partial charge in [-0.3, -0.25) is 14.6 Å². The van der Waals surface area contributed by atoms with Crippen molar-refractivity contribution in [3.05, 3.63) is 120 Å². The molecule has 0 aliphatic carbocycles. The Kier molecular flexibility index (Phi) is 11.4. The number of amides is 2. The van der Waals surface area contributed by atoms with Crippen LogP contribution in [0.2, 0.25) is 0 Å². The van der Waals surface area contributed by atoms with E-state index in [0.29, 0.717) is 44.9 Å². The van der Waals surface area contributed by atoms with E-state index >= 15 is 0 Å². The molecule has 0 saturated carbocycles. The van der Waals surface area contributed by atoms with Crippen molar-refractivity contribution >= 4 is 28.5 Å². The highest BCUT2D eigenvalue weighted by molar-refractivity contribution is 5.83. The first kappa shape index (κ1) is 32.7. The highest BCUT2D eigenvalue weighted by atomic mass is 16.2. The number of hydrogen-bond donors (Lipinski definition) is 4. The molecule has 1 aliphatic heterocycles. The lowest BCUT2D eigenvalue weighted by molar-refractivity contribution is -0.133. The summed E-state index contributed by atoms with van der Waals surface area (Å²) in [5.41, 5.74) is 9.36. The second-order valence-electron chi connectivity index (χ2n) is 12.1. The number of nitrogens with zero attached hydrogens (tertiary/aromatic N) is 2. The van der Waals surface area contributed by atoms with Crippen molar-refractivity contribution in [2.24, 2.45) is 10.7 Å². The molecular weight excluding hydrogens is 572 g/mol. The van der Waals surface area contributed by atoms with Gasteiger partial charge in [-0.15, -0.1) is 0 Å². The van der Waals surface area contributed by atoms with Gasteiger partial charge in [-0.2, -0.15) is 0 Å². The van der Waals surface area contributed by atoms with Crippen LogP contribution in [0.25, 0.3) is 10.8 Å². The molecule has 8 nitrogen and oxygen atoms in total. The van der Waals surface area contributed by atoms with Crippen LogP contribution in [0.1, 0.15) is 48.8 Å². The number of fused-ring (bicyclic) bond motifs is 1. The van der Waals surface area contributed by atoms with E-state index in [2.05, 4.69) is 99.8 Å². The van der Waals surface area contributed by atoms with Gasteiger partial charge in [-0.1, -0.05) is 103 Å². The lowest BCUT2D eigenvalue weighted by Crippen LogP contribution is -2.54. The number of rotatable bonds is 12. The minimum absolute atomic E-state index is 0.0366. The zero-order valence-electron chi connectivity index (χ0n) is 26.9. The molecule has 1 heterocycles. The summed E-state index contributed by atoms with van der Waals surface area (Å²) < 4.78 is 0. The Bertz CT molecular complexity index is 1570. The maximum absolute atomic E-state index is 14.3. The SMILES string of the molecule is CN=C(N)NCCCC1NC(C(Cc2ccc3ccccc3c2)NC(C)=O)CCN(CC(c2ccccc2)c2ccccc2)C1=O. The number of carbonyl (C=O) groups excluding carboxylic acids is 2. The Balaban J connectivity index is 1.41. The molecule has 1 saturated heterocycles. The van der Waals surface area contributed by atoms with Crippen LogP contribution in [0, 0.1) is 0 Å². The third-order valence-corrected chi connectivity index (χ3v) is 8.90. The van der Waals surface area contributed by atoms with Crippen molar-refractivity contribution in [1.29, 1.82) is 0 Å².